The van der Waals surface area contributed by atoms with Crippen molar-refractivity contribution in [3.63, 3.8) is 0 Å². The molecule has 0 fully saturated rings. The molecule has 0 saturated carbocycles. The van der Waals surface area contributed by atoms with E-state index in [0.29, 0.717) is 19.6 Å². The van der Waals surface area contributed by atoms with Crippen LogP contribution >= 0.6 is 0 Å². The van der Waals surface area contributed by atoms with Gasteiger partial charge in [-0.3, -0.25) is 0 Å². The standard InChI is InChI=1S/C29H53NO5Si2/c1-14-23(22-34-36(12,13)28(5,6)7)25(30-26(31)35-27(2,3)4)20-21-33-37(32-11,29(8,9)10)24-18-16-15-17-19-24/h14-19,23,25H,1,20-22H2,2-13H3,(H,30,31)/t23-,25+,37?/m0/s1. The van der Waals surface area contributed by atoms with Crippen LogP contribution in [0.4, 0.5) is 4.79 Å². The highest BCUT2D eigenvalue weighted by atomic mass is 28.4. The van der Waals surface area contributed by atoms with Crippen LogP contribution in [0.2, 0.25) is 23.2 Å². The van der Waals surface area contributed by atoms with Gasteiger partial charge in [-0.2, -0.15) is 0 Å². The quantitative estimate of drug-likeness (QED) is 0.226. The lowest BCUT2D eigenvalue weighted by Crippen LogP contribution is -2.60. The van der Waals surface area contributed by atoms with Gasteiger partial charge in [-0.25, -0.2) is 4.79 Å². The van der Waals surface area contributed by atoms with Gasteiger partial charge in [0.25, 0.3) is 0 Å². The molecule has 0 saturated heterocycles. The van der Waals surface area contributed by atoms with Gasteiger partial charge in [0.15, 0.2) is 8.32 Å². The maximum Gasteiger partial charge on any atom is 0.407 e. The first-order valence-electron chi connectivity index (χ1n) is 13.3. The number of nitrogens with one attached hydrogen (secondary N) is 1. The van der Waals surface area contributed by atoms with E-state index in [-0.39, 0.29) is 22.0 Å². The van der Waals surface area contributed by atoms with Crippen molar-refractivity contribution in [1.82, 2.24) is 5.32 Å². The van der Waals surface area contributed by atoms with Gasteiger partial charge in [0.1, 0.15) is 5.60 Å². The number of hydrogen-bond donors (Lipinski definition) is 1. The van der Waals surface area contributed by atoms with E-state index in [4.69, 9.17) is 18.0 Å². The molecule has 0 aliphatic rings. The maximum absolute atomic E-state index is 12.8. The lowest BCUT2D eigenvalue weighted by atomic mass is 9.98. The maximum atomic E-state index is 12.8. The Morgan fingerprint density at radius 2 is 1.54 bits per heavy atom. The van der Waals surface area contributed by atoms with Crippen LogP contribution in [-0.2, 0) is 18.0 Å². The lowest BCUT2D eigenvalue weighted by molar-refractivity contribution is 0.0471. The molecule has 1 aromatic carbocycles. The average molecular weight is 552 g/mol. The van der Waals surface area contributed by atoms with E-state index in [9.17, 15) is 4.79 Å². The Hall–Kier alpha value is -1.46. The summed E-state index contributed by atoms with van der Waals surface area (Å²) in [5.41, 5.74) is -0.593. The Morgan fingerprint density at radius 1 is 0.973 bits per heavy atom. The molecule has 1 unspecified atom stereocenters. The minimum atomic E-state index is -2.80. The molecule has 0 radical (unpaired) electrons. The molecule has 0 heterocycles. The number of alkyl carbamates (subject to hydrolysis) is 1. The topological polar surface area (TPSA) is 66.0 Å². The van der Waals surface area contributed by atoms with Crippen molar-refractivity contribution < 1.29 is 22.8 Å². The molecule has 0 aliphatic heterocycles. The number of rotatable bonds is 12. The highest BCUT2D eigenvalue weighted by Gasteiger charge is 2.50. The summed E-state index contributed by atoms with van der Waals surface area (Å²) >= 11 is 0. The molecule has 6 nitrogen and oxygen atoms in total. The second kappa shape index (κ2) is 13.1. The first-order valence-corrected chi connectivity index (χ1v) is 18.0. The van der Waals surface area contributed by atoms with Crippen molar-refractivity contribution in [2.24, 2.45) is 5.92 Å². The van der Waals surface area contributed by atoms with Gasteiger partial charge in [0.2, 0.25) is 0 Å². The van der Waals surface area contributed by atoms with Gasteiger partial charge in [-0.15, -0.1) is 6.58 Å². The smallest absolute Gasteiger partial charge is 0.407 e. The first-order chi connectivity index (χ1) is 16.8. The summed E-state index contributed by atoms with van der Waals surface area (Å²) in [5, 5.41) is 4.04. The van der Waals surface area contributed by atoms with Gasteiger partial charge < -0.3 is 23.3 Å². The van der Waals surface area contributed by atoms with Crippen LogP contribution in [0.5, 0.6) is 0 Å². The Morgan fingerprint density at radius 3 is 1.97 bits per heavy atom. The van der Waals surface area contributed by atoms with Crippen molar-refractivity contribution in [2.45, 2.75) is 104 Å². The second-order valence-corrected chi connectivity index (χ2v) is 22.1. The van der Waals surface area contributed by atoms with Gasteiger partial charge in [0.05, 0.1) is 0 Å². The zero-order valence-electron chi connectivity index (χ0n) is 25.5. The summed E-state index contributed by atoms with van der Waals surface area (Å²) in [4.78, 5) is 12.8. The molecule has 3 atom stereocenters. The molecule has 0 aromatic heterocycles. The van der Waals surface area contributed by atoms with Gasteiger partial charge in [-0.05, 0) is 50.5 Å². The molecule has 0 aliphatic carbocycles. The Labute approximate surface area is 228 Å². The Balaban J connectivity index is 3.17. The predicted molar refractivity (Wildman–Crippen MR) is 159 cm³/mol. The van der Waals surface area contributed by atoms with Crippen LogP contribution in [0.3, 0.4) is 0 Å². The van der Waals surface area contributed by atoms with Crippen LogP contribution in [0, 0.1) is 5.92 Å². The summed E-state index contributed by atoms with van der Waals surface area (Å²) in [6, 6.07) is 9.93. The van der Waals surface area contributed by atoms with Gasteiger partial charge >= 0.3 is 14.7 Å². The molecule has 0 bridgehead atoms. The zero-order valence-corrected chi connectivity index (χ0v) is 27.5. The van der Waals surface area contributed by atoms with Crippen LogP contribution in [0.1, 0.15) is 68.7 Å². The SMILES string of the molecule is C=C[C@@H](CO[Si](C)(C)C(C)(C)C)[C@@H](CCO[Si](OC)(c1ccccc1)C(C)(C)C)NC(=O)OC(C)(C)C. The number of hydrogen-bond acceptors (Lipinski definition) is 5. The highest BCUT2D eigenvalue weighted by Crippen LogP contribution is 2.38. The molecule has 1 rings (SSSR count). The lowest BCUT2D eigenvalue weighted by Gasteiger charge is -2.41. The van der Waals surface area contributed by atoms with Crippen molar-refractivity contribution in [3.8, 4) is 0 Å². The fourth-order valence-electron chi connectivity index (χ4n) is 3.92. The van der Waals surface area contributed by atoms with Crippen molar-refractivity contribution in [1.29, 1.82) is 0 Å². The van der Waals surface area contributed by atoms with E-state index < -0.39 is 28.6 Å². The fourth-order valence-corrected chi connectivity index (χ4v) is 8.44. The molecular formula is C29H53NO5Si2. The highest BCUT2D eigenvalue weighted by molar-refractivity contribution is 6.83. The summed E-state index contributed by atoms with van der Waals surface area (Å²) in [5.74, 6) is -0.102. The molecule has 37 heavy (non-hydrogen) atoms. The second-order valence-electron chi connectivity index (χ2n) is 13.3. The number of amides is 1. The summed E-state index contributed by atoms with van der Waals surface area (Å²) in [7, 11) is -3.05. The molecule has 8 heteroatoms. The van der Waals surface area contributed by atoms with E-state index in [1.807, 2.05) is 45.0 Å². The number of carbonyl (C=O) groups is 1. The number of carbonyl (C=O) groups excluding carboxylic acids is 1. The fraction of sp³-hybridized carbons (Fsp3) is 0.690. The van der Waals surface area contributed by atoms with Crippen molar-refractivity contribution in [2.75, 3.05) is 20.3 Å². The average Bonchev–Trinajstić information content (AvgIpc) is 2.74. The summed E-state index contributed by atoms with van der Waals surface area (Å²) in [6.07, 6.45) is 1.99. The predicted octanol–water partition coefficient (Wildman–Crippen LogP) is 6.91. The van der Waals surface area contributed by atoms with E-state index in [0.717, 1.165) is 5.19 Å². The van der Waals surface area contributed by atoms with E-state index in [1.165, 1.54) is 0 Å². The molecule has 0 spiro atoms. The van der Waals surface area contributed by atoms with Crippen LogP contribution in [0.15, 0.2) is 43.0 Å². The van der Waals surface area contributed by atoms with Crippen LogP contribution < -0.4 is 10.5 Å². The first kappa shape index (κ1) is 33.6. The van der Waals surface area contributed by atoms with Crippen molar-refractivity contribution in [3.05, 3.63) is 43.0 Å². The third kappa shape index (κ3) is 9.66. The molecule has 212 valence electrons. The number of ether oxygens (including phenoxy) is 1. The van der Waals surface area contributed by atoms with Crippen molar-refractivity contribution >= 4 is 28.2 Å². The van der Waals surface area contributed by atoms with Gasteiger partial charge in [0, 0.05) is 37.3 Å². The summed E-state index contributed by atoms with van der Waals surface area (Å²) < 4.78 is 25.0. The van der Waals surface area contributed by atoms with Crippen LogP contribution in [0.25, 0.3) is 0 Å². The third-order valence-electron chi connectivity index (χ3n) is 7.13. The molecule has 1 amide bonds. The van der Waals surface area contributed by atoms with Gasteiger partial charge in [-0.1, -0.05) is 78.0 Å². The van der Waals surface area contributed by atoms with E-state index in [2.05, 4.69) is 78.7 Å². The van der Waals surface area contributed by atoms with E-state index >= 15 is 0 Å². The van der Waals surface area contributed by atoms with Crippen LogP contribution in [-0.4, -0.2) is 54.9 Å². The largest absolute Gasteiger partial charge is 0.444 e. The minimum absolute atomic E-state index is 0.0853. The molecule has 1 N–H and O–H groups in total. The normalized spacial score (nSPS) is 16.4. The Bertz CT molecular complexity index is 856. The Kier molecular flexibility index (Phi) is 11.9. The van der Waals surface area contributed by atoms with E-state index in [1.54, 1.807) is 7.11 Å². The minimum Gasteiger partial charge on any atom is -0.444 e. The zero-order chi connectivity index (χ0) is 28.7. The summed E-state index contributed by atoms with van der Waals surface area (Å²) in [6.45, 7) is 28.1. The monoisotopic (exact) mass is 551 g/mol. The molecule has 1 aromatic rings. The third-order valence-corrected chi connectivity index (χ3v) is 15.9. The molecular weight excluding hydrogens is 498 g/mol. The number of benzene rings is 1.